The van der Waals surface area contributed by atoms with Gasteiger partial charge in [-0.2, -0.15) is 0 Å². The predicted molar refractivity (Wildman–Crippen MR) is 78.5 cm³/mol. The third-order valence-electron chi connectivity index (χ3n) is 3.06. The molecule has 0 aliphatic heterocycles. The summed E-state index contributed by atoms with van der Waals surface area (Å²) in [6, 6.07) is 0.330. The number of nitrogens with one attached hydrogen (secondary N) is 1. The number of hydrogen-bond donors (Lipinski definition) is 2. The lowest BCUT2D eigenvalue weighted by Gasteiger charge is -2.28. The van der Waals surface area contributed by atoms with Crippen LogP contribution in [0.4, 0.5) is 5.13 Å². The minimum atomic E-state index is -0.0744. The van der Waals surface area contributed by atoms with Crippen LogP contribution < -0.4 is 5.32 Å². The molecule has 0 atom stereocenters. The average Bonchev–Trinajstić information content (AvgIpc) is 2.76. The van der Waals surface area contributed by atoms with Gasteiger partial charge in [0.1, 0.15) is 0 Å². The number of aryl methyl sites for hydroxylation is 1. The van der Waals surface area contributed by atoms with Gasteiger partial charge in [0.2, 0.25) is 5.91 Å². The van der Waals surface area contributed by atoms with E-state index in [0.717, 1.165) is 18.5 Å². The van der Waals surface area contributed by atoms with E-state index >= 15 is 0 Å². The summed E-state index contributed by atoms with van der Waals surface area (Å²) in [5.41, 5.74) is 0.910. The summed E-state index contributed by atoms with van der Waals surface area (Å²) in [4.78, 5) is 18.2. The van der Waals surface area contributed by atoms with Gasteiger partial charge in [0.15, 0.2) is 5.13 Å². The Morgan fingerprint density at radius 1 is 1.53 bits per heavy atom. The molecule has 1 rings (SSSR count). The lowest BCUT2D eigenvalue weighted by atomic mass is 10.1. The number of aliphatic hydroxyl groups is 1. The summed E-state index contributed by atoms with van der Waals surface area (Å²) in [5.74, 6) is -0.0744. The maximum absolute atomic E-state index is 12.0. The number of aromatic nitrogens is 1. The molecule has 0 aliphatic rings. The number of carbonyl (C=O) groups is 1. The van der Waals surface area contributed by atoms with Gasteiger partial charge in [0.25, 0.3) is 0 Å². The maximum atomic E-state index is 12.0. The second-order valence-corrected chi connectivity index (χ2v) is 5.36. The van der Waals surface area contributed by atoms with E-state index in [0.29, 0.717) is 24.3 Å². The summed E-state index contributed by atoms with van der Waals surface area (Å²) in [6.45, 7) is 6.98. The van der Waals surface area contributed by atoms with E-state index < -0.39 is 0 Å². The molecule has 2 N–H and O–H groups in total. The molecule has 0 aromatic carbocycles. The summed E-state index contributed by atoms with van der Waals surface area (Å²) in [7, 11) is 0. The summed E-state index contributed by atoms with van der Waals surface area (Å²) in [5, 5.41) is 14.4. The van der Waals surface area contributed by atoms with Crippen LogP contribution in [0.2, 0.25) is 0 Å². The first-order valence-corrected chi connectivity index (χ1v) is 7.55. The molecule has 1 aromatic heterocycles. The Morgan fingerprint density at radius 2 is 2.21 bits per heavy atom. The molecule has 19 heavy (non-hydrogen) atoms. The van der Waals surface area contributed by atoms with Gasteiger partial charge >= 0.3 is 0 Å². The summed E-state index contributed by atoms with van der Waals surface area (Å²) >= 11 is 1.43. The number of thiazole rings is 1. The molecule has 0 spiro atoms. The second-order valence-electron chi connectivity index (χ2n) is 4.51. The largest absolute Gasteiger partial charge is 0.395 e. The zero-order valence-corrected chi connectivity index (χ0v) is 12.7. The Morgan fingerprint density at radius 3 is 2.68 bits per heavy atom. The molecule has 0 bridgehead atoms. The van der Waals surface area contributed by atoms with E-state index in [9.17, 15) is 4.79 Å². The monoisotopic (exact) mass is 285 g/mol. The molecular weight excluding hydrogens is 262 g/mol. The third kappa shape index (κ3) is 5.26. The van der Waals surface area contributed by atoms with Gasteiger partial charge in [-0.3, -0.25) is 9.69 Å². The highest BCUT2D eigenvalue weighted by molar-refractivity contribution is 7.13. The van der Waals surface area contributed by atoms with Gasteiger partial charge in [-0.25, -0.2) is 4.98 Å². The Hall–Kier alpha value is -0.980. The summed E-state index contributed by atoms with van der Waals surface area (Å²) in [6.07, 6.45) is 1.94. The molecular formula is C13H23N3O2S. The lowest BCUT2D eigenvalue weighted by molar-refractivity contribution is -0.118. The minimum Gasteiger partial charge on any atom is -0.395 e. The van der Waals surface area contributed by atoms with Crippen LogP contribution in [0.25, 0.3) is 0 Å². The number of rotatable bonds is 8. The van der Waals surface area contributed by atoms with Crippen molar-refractivity contribution in [2.75, 3.05) is 25.0 Å². The van der Waals surface area contributed by atoms with E-state index in [-0.39, 0.29) is 12.5 Å². The molecule has 6 heteroatoms. The first-order valence-electron chi connectivity index (χ1n) is 6.67. The highest BCUT2D eigenvalue weighted by atomic mass is 32.1. The zero-order chi connectivity index (χ0) is 14.3. The van der Waals surface area contributed by atoms with Crippen molar-refractivity contribution in [2.45, 2.75) is 39.7 Å². The smallest absolute Gasteiger partial charge is 0.240 e. The standard InChI is InChI=1S/C13H23N3O2S/c1-4-11(5-2)16(6-7-17)8-12(18)15-13-14-10(3)9-19-13/h9,11,17H,4-8H2,1-3H3,(H,14,15,18). The van der Waals surface area contributed by atoms with Crippen LogP contribution in [-0.2, 0) is 4.79 Å². The van der Waals surface area contributed by atoms with Crippen LogP contribution in [0.5, 0.6) is 0 Å². The summed E-state index contributed by atoms with van der Waals surface area (Å²) < 4.78 is 0. The Balaban J connectivity index is 2.55. The zero-order valence-electron chi connectivity index (χ0n) is 11.8. The van der Waals surface area contributed by atoms with Gasteiger partial charge in [0.05, 0.1) is 18.8 Å². The van der Waals surface area contributed by atoms with Crippen LogP contribution in [0.3, 0.4) is 0 Å². The van der Waals surface area contributed by atoms with Crippen molar-refractivity contribution in [1.82, 2.24) is 9.88 Å². The molecule has 0 radical (unpaired) electrons. The Bertz CT molecular complexity index is 391. The Labute approximate surface area is 118 Å². The van der Waals surface area contributed by atoms with E-state index in [1.807, 2.05) is 17.2 Å². The van der Waals surface area contributed by atoms with Crippen molar-refractivity contribution in [3.63, 3.8) is 0 Å². The number of anilines is 1. The number of amides is 1. The molecule has 0 saturated heterocycles. The first-order chi connectivity index (χ1) is 9.10. The molecule has 5 nitrogen and oxygen atoms in total. The molecule has 108 valence electrons. The van der Waals surface area contributed by atoms with E-state index in [4.69, 9.17) is 5.11 Å². The fourth-order valence-electron chi connectivity index (χ4n) is 2.08. The topological polar surface area (TPSA) is 65.5 Å². The van der Waals surface area contributed by atoms with Crippen molar-refractivity contribution in [2.24, 2.45) is 0 Å². The number of hydrogen-bond acceptors (Lipinski definition) is 5. The number of aliphatic hydroxyl groups excluding tert-OH is 1. The SMILES string of the molecule is CCC(CC)N(CCO)CC(=O)Nc1nc(C)cs1. The molecule has 1 aromatic rings. The highest BCUT2D eigenvalue weighted by Gasteiger charge is 2.18. The van der Waals surface area contributed by atoms with Gasteiger partial charge in [-0.1, -0.05) is 13.8 Å². The molecule has 0 unspecified atom stereocenters. The van der Waals surface area contributed by atoms with Crippen molar-refractivity contribution >= 4 is 22.4 Å². The molecule has 0 saturated carbocycles. The van der Waals surface area contributed by atoms with Crippen LogP contribution in [0.15, 0.2) is 5.38 Å². The fourth-order valence-corrected chi connectivity index (χ4v) is 2.78. The molecule has 1 amide bonds. The lowest BCUT2D eigenvalue weighted by Crippen LogP contribution is -2.42. The van der Waals surface area contributed by atoms with Gasteiger partial charge < -0.3 is 10.4 Å². The number of carbonyl (C=O) groups excluding carboxylic acids is 1. The van der Waals surface area contributed by atoms with Crippen molar-refractivity contribution < 1.29 is 9.90 Å². The van der Waals surface area contributed by atoms with E-state index in [1.54, 1.807) is 0 Å². The Kier molecular flexibility index (Phi) is 6.97. The first kappa shape index (κ1) is 16.1. The van der Waals surface area contributed by atoms with Crippen molar-refractivity contribution in [3.8, 4) is 0 Å². The van der Waals surface area contributed by atoms with Crippen LogP contribution in [0.1, 0.15) is 32.4 Å². The van der Waals surface area contributed by atoms with E-state index in [1.165, 1.54) is 11.3 Å². The van der Waals surface area contributed by atoms with E-state index in [2.05, 4.69) is 24.1 Å². The van der Waals surface area contributed by atoms with Gasteiger partial charge in [0, 0.05) is 18.0 Å². The van der Waals surface area contributed by atoms with Crippen molar-refractivity contribution in [1.29, 1.82) is 0 Å². The highest BCUT2D eigenvalue weighted by Crippen LogP contribution is 2.15. The fraction of sp³-hybridized carbons (Fsp3) is 0.692. The van der Waals surface area contributed by atoms with Crippen LogP contribution >= 0.6 is 11.3 Å². The average molecular weight is 285 g/mol. The van der Waals surface area contributed by atoms with Gasteiger partial charge in [-0.05, 0) is 19.8 Å². The van der Waals surface area contributed by atoms with Gasteiger partial charge in [-0.15, -0.1) is 11.3 Å². The minimum absolute atomic E-state index is 0.0696. The molecule has 0 fully saturated rings. The van der Waals surface area contributed by atoms with Crippen LogP contribution in [0, 0.1) is 6.92 Å². The van der Waals surface area contributed by atoms with Crippen LogP contribution in [-0.4, -0.2) is 46.6 Å². The predicted octanol–water partition coefficient (Wildman–Crippen LogP) is 1.87. The number of nitrogens with zero attached hydrogens (tertiary/aromatic N) is 2. The molecule has 0 aliphatic carbocycles. The second kappa shape index (κ2) is 8.24. The third-order valence-corrected chi connectivity index (χ3v) is 3.93. The maximum Gasteiger partial charge on any atom is 0.240 e. The molecule has 1 heterocycles. The quantitative estimate of drug-likeness (QED) is 0.765. The normalized spacial score (nSPS) is 11.3. The van der Waals surface area contributed by atoms with Crippen molar-refractivity contribution in [3.05, 3.63) is 11.1 Å².